The van der Waals surface area contributed by atoms with Gasteiger partial charge in [-0.15, -0.1) is 11.3 Å². The number of carbonyl (C=O) groups is 4. The van der Waals surface area contributed by atoms with Crippen molar-refractivity contribution in [2.24, 2.45) is 0 Å². The van der Waals surface area contributed by atoms with Gasteiger partial charge in [0.25, 0.3) is 0 Å². The Bertz CT molecular complexity index is 1390. The number of carbonyl (C=O) groups excluding carboxylic acids is 3. The largest absolute Gasteiger partial charge is 0.480 e. The highest BCUT2D eigenvalue weighted by Crippen LogP contribution is 2.47. The Kier molecular flexibility index (Phi) is 7.15. The summed E-state index contributed by atoms with van der Waals surface area (Å²) in [5.74, 6) is -2.29. The van der Waals surface area contributed by atoms with Crippen molar-refractivity contribution in [3.8, 4) is 10.4 Å². The molecule has 1 aromatic heterocycles. The van der Waals surface area contributed by atoms with E-state index in [4.69, 9.17) is 10.8 Å². The summed E-state index contributed by atoms with van der Waals surface area (Å²) in [6.07, 6.45) is 1.49. The molecule has 5 N–H and O–H groups in total. The number of nitrogen functional groups attached to an aromatic ring is 1. The molecule has 0 radical (unpaired) electrons. The maximum Gasteiger partial charge on any atom is 0.322 e. The van der Waals surface area contributed by atoms with E-state index in [2.05, 4.69) is 16.7 Å². The number of nitrogens with two attached hydrogens (primary N) is 1. The molecule has 3 atom stereocenters. The Hall–Kier alpha value is -4.18. The van der Waals surface area contributed by atoms with Crippen LogP contribution in [0.15, 0.2) is 60.7 Å². The predicted molar refractivity (Wildman–Crippen MR) is 143 cm³/mol. The third-order valence-electron chi connectivity index (χ3n) is 6.95. The number of carboxylic acids is 1. The summed E-state index contributed by atoms with van der Waals surface area (Å²) in [6, 6.07) is 16.9. The number of hydrogen-bond acceptors (Lipinski definition) is 6. The van der Waals surface area contributed by atoms with Crippen LogP contribution in [-0.4, -0.2) is 52.3 Å². The van der Waals surface area contributed by atoms with Gasteiger partial charge in [0.15, 0.2) is 0 Å². The number of hydrogen-bond donors (Lipinski definition) is 4. The molecule has 3 amide bonds. The highest BCUT2D eigenvalue weighted by Gasteiger charge is 2.46. The molecule has 0 unspecified atom stereocenters. The van der Waals surface area contributed by atoms with E-state index in [1.54, 1.807) is 16.2 Å². The van der Waals surface area contributed by atoms with Crippen molar-refractivity contribution in [1.29, 1.82) is 0 Å². The SMILES string of the molecule is Nc1cccc(-c2cc3c(s2)[C@H]2CCC(=O)N2[C@H](C(=O)N[C@@H](Cc2ccccc2)C(=O)NCC(=O)O)C3)c1. The van der Waals surface area contributed by atoms with E-state index in [0.717, 1.165) is 26.4 Å². The third-order valence-corrected chi connectivity index (χ3v) is 8.28. The van der Waals surface area contributed by atoms with Gasteiger partial charge in [0, 0.05) is 34.7 Å². The minimum Gasteiger partial charge on any atom is -0.480 e. The number of rotatable bonds is 8. The van der Waals surface area contributed by atoms with Crippen molar-refractivity contribution in [2.45, 2.75) is 43.8 Å². The molecule has 0 bridgehead atoms. The van der Waals surface area contributed by atoms with Gasteiger partial charge in [-0.3, -0.25) is 19.2 Å². The van der Waals surface area contributed by atoms with E-state index in [1.165, 1.54) is 0 Å². The van der Waals surface area contributed by atoms with Gasteiger partial charge in [-0.25, -0.2) is 0 Å². The fraction of sp³-hybridized carbons (Fsp3) is 0.286. The lowest BCUT2D eigenvalue weighted by Crippen LogP contribution is -2.57. The van der Waals surface area contributed by atoms with Crippen LogP contribution in [-0.2, 0) is 32.0 Å². The topological polar surface area (TPSA) is 142 Å². The van der Waals surface area contributed by atoms with Crippen LogP contribution in [0.1, 0.15) is 34.9 Å². The Labute approximate surface area is 223 Å². The summed E-state index contributed by atoms with van der Waals surface area (Å²) in [4.78, 5) is 54.2. The summed E-state index contributed by atoms with van der Waals surface area (Å²) >= 11 is 1.62. The molecule has 38 heavy (non-hydrogen) atoms. The second-order valence-corrected chi connectivity index (χ2v) is 10.6. The van der Waals surface area contributed by atoms with Gasteiger partial charge < -0.3 is 26.4 Å². The first-order chi connectivity index (χ1) is 18.3. The van der Waals surface area contributed by atoms with Gasteiger partial charge in [-0.1, -0.05) is 42.5 Å². The van der Waals surface area contributed by atoms with Crippen molar-refractivity contribution in [1.82, 2.24) is 15.5 Å². The number of benzene rings is 2. The molecule has 9 nitrogen and oxygen atoms in total. The molecule has 0 aliphatic carbocycles. The molecule has 2 aliphatic rings. The Morgan fingerprint density at radius 1 is 1.11 bits per heavy atom. The molecule has 10 heteroatoms. The fourth-order valence-corrected chi connectivity index (χ4v) is 6.53. The Morgan fingerprint density at radius 3 is 2.63 bits per heavy atom. The number of nitrogens with one attached hydrogen (secondary N) is 2. The van der Waals surface area contributed by atoms with Crippen LogP contribution in [0.3, 0.4) is 0 Å². The maximum absolute atomic E-state index is 13.6. The van der Waals surface area contributed by atoms with Crippen LogP contribution in [0, 0.1) is 0 Å². The van der Waals surface area contributed by atoms with E-state index in [-0.39, 0.29) is 18.4 Å². The minimum absolute atomic E-state index is 0.0883. The highest BCUT2D eigenvalue weighted by molar-refractivity contribution is 7.15. The Morgan fingerprint density at radius 2 is 1.89 bits per heavy atom. The summed E-state index contributed by atoms with van der Waals surface area (Å²) in [5.41, 5.74) is 9.45. The van der Waals surface area contributed by atoms with Gasteiger partial charge in [0.2, 0.25) is 17.7 Å². The summed E-state index contributed by atoms with van der Waals surface area (Å²) in [5, 5.41) is 14.2. The predicted octanol–water partition coefficient (Wildman–Crippen LogP) is 2.51. The minimum atomic E-state index is -1.18. The van der Waals surface area contributed by atoms with Gasteiger partial charge in [-0.2, -0.15) is 0 Å². The lowest BCUT2D eigenvalue weighted by atomic mass is 9.94. The quantitative estimate of drug-likeness (QED) is 0.329. The summed E-state index contributed by atoms with van der Waals surface area (Å²) in [7, 11) is 0. The number of thiophene rings is 1. The van der Waals surface area contributed by atoms with Crippen molar-refractivity contribution in [2.75, 3.05) is 12.3 Å². The molecule has 1 saturated heterocycles. The smallest absolute Gasteiger partial charge is 0.322 e. The molecular formula is C28H28N4O5S. The summed E-state index contributed by atoms with van der Waals surface area (Å²) < 4.78 is 0. The van der Waals surface area contributed by atoms with Gasteiger partial charge >= 0.3 is 5.97 Å². The second kappa shape index (κ2) is 10.7. The first kappa shape index (κ1) is 25.5. The van der Waals surface area contributed by atoms with E-state index in [0.29, 0.717) is 24.9 Å². The monoisotopic (exact) mass is 532 g/mol. The average molecular weight is 533 g/mol. The van der Waals surface area contributed by atoms with Crippen LogP contribution < -0.4 is 16.4 Å². The molecule has 3 aromatic rings. The van der Waals surface area contributed by atoms with Crippen LogP contribution in [0.25, 0.3) is 10.4 Å². The standard InChI is InChI=1S/C28H28N4O5S/c29-19-8-4-7-17(12-19)23-14-18-13-22(32-21(26(18)38-23)9-10-24(32)33)28(37)31-20(27(36)30-15-25(34)35)11-16-5-2-1-3-6-16/h1-8,12,14,20-22H,9-11,13,15,29H2,(H,30,36)(H,31,37)(H,34,35)/t20-,21+,22-/m0/s1. The van der Waals surface area contributed by atoms with Crippen molar-refractivity contribution in [3.63, 3.8) is 0 Å². The zero-order chi connectivity index (χ0) is 26.8. The number of carboxylic acid groups (broad SMARTS) is 1. The Balaban J connectivity index is 1.41. The van der Waals surface area contributed by atoms with E-state index in [1.807, 2.05) is 54.6 Å². The molecule has 0 saturated carbocycles. The van der Waals surface area contributed by atoms with Gasteiger partial charge in [-0.05, 0) is 41.3 Å². The maximum atomic E-state index is 13.6. The van der Waals surface area contributed by atoms with Crippen molar-refractivity contribution < 1.29 is 24.3 Å². The number of anilines is 1. The molecule has 0 spiro atoms. The second-order valence-electron chi connectivity index (χ2n) is 9.56. The van der Waals surface area contributed by atoms with Gasteiger partial charge in [0.1, 0.15) is 18.6 Å². The first-order valence-corrected chi connectivity index (χ1v) is 13.3. The van der Waals surface area contributed by atoms with E-state index < -0.39 is 36.4 Å². The normalized spacial score (nSPS) is 18.8. The van der Waals surface area contributed by atoms with Crippen LogP contribution >= 0.6 is 11.3 Å². The number of fused-ring (bicyclic) bond motifs is 3. The van der Waals surface area contributed by atoms with Crippen LogP contribution in [0.4, 0.5) is 5.69 Å². The van der Waals surface area contributed by atoms with Crippen LogP contribution in [0.2, 0.25) is 0 Å². The fourth-order valence-electron chi connectivity index (χ4n) is 5.21. The molecule has 2 aliphatic heterocycles. The first-order valence-electron chi connectivity index (χ1n) is 12.4. The summed E-state index contributed by atoms with van der Waals surface area (Å²) in [6.45, 7) is -0.554. The average Bonchev–Trinajstić information content (AvgIpc) is 3.51. The molecular weight excluding hydrogens is 504 g/mol. The van der Waals surface area contributed by atoms with Crippen LogP contribution in [0.5, 0.6) is 0 Å². The zero-order valence-electron chi connectivity index (χ0n) is 20.6. The molecule has 5 rings (SSSR count). The lowest BCUT2D eigenvalue weighted by Gasteiger charge is -2.37. The molecule has 2 aromatic carbocycles. The lowest BCUT2D eigenvalue weighted by molar-refractivity contribution is -0.141. The molecule has 1 fully saturated rings. The van der Waals surface area contributed by atoms with E-state index >= 15 is 0 Å². The molecule has 196 valence electrons. The molecule has 3 heterocycles. The van der Waals surface area contributed by atoms with Crippen molar-refractivity contribution >= 4 is 40.7 Å². The number of nitrogens with zero attached hydrogens (tertiary/aromatic N) is 1. The highest BCUT2D eigenvalue weighted by atomic mass is 32.1. The van der Waals surface area contributed by atoms with Gasteiger partial charge in [0.05, 0.1) is 6.04 Å². The third kappa shape index (κ3) is 5.26. The number of aliphatic carboxylic acids is 1. The number of amides is 3. The van der Waals surface area contributed by atoms with Crippen molar-refractivity contribution in [3.05, 3.63) is 76.7 Å². The zero-order valence-corrected chi connectivity index (χ0v) is 21.4. The van der Waals surface area contributed by atoms with E-state index in [9.17, 15) is 19.2 Å².